The molecule has 0 radical (unpaired) electrons. The Kier molecular flexibility index (Phi) is 6.65. The van der Waals surface area contributed by atoms with Crippen molar-refractivity contribution in [1.29, 1.82) is 0 Å². The quantitative estimate of drug-likeness (QED) is 0.712. The molecule has 3 aliphatic rings. The van der Waals surface area contributed by atoms with Gasteiger partial charge in [-0.15, -0.1) is 0 Å². The molecule has 1 N–H and O–H groups in total. The van der Waals surface area contributed by atoms with E-state index in [9.17, 15) is 13.2 Å². The van der Waals surface area contributed by atoms with Crippen molar-refractivity contribution in [3.05, 3.63) is 24.3 Å². The first-order valence-corrected chi connectivity index (χ1v) is 12.0. The molecule has 156 valence electrons. The normalized spacial score (nSPS) is 25.1. The van der Waals surface area contributed by atoms with Gasteiger partial charge in [0.1, 0.15) is 5.75 Å². The van der Waals surface area contributed by atoms with E-state index >= 15 is 0 Å². The summed E-state index contributed by atoms with van der Waals surface area (Å²) in [5.41, 5.74) is 0.711. The largest absolute Gasteiger partial charge is 0.491 e. The molecule has 2 bridgehead atoms. The molecule has 7 heteroatoms. The first-order valence-electron chi connectivity index (χ1n) is 10.4. The fourth-order valence-corrected chi connectivity index (χ4v) is 6.30. The van der Waals surface area contributed by atoms with Crippen molar-refractivity contribution in [2.24, 2.45) is 11.8 Å². The average Bonchev–Trinajstić information content (AvgIpc) is 2.67. The van der Waals surface area contributed by atoms with E-state index in [0.29, 0.717) is 18.7 Å². The Labute approximate surface area is 168 Å². The zero-order valence-electron chi connectivity index (χ0n) is 17.1. The first kappa shape index (κ1) is 21.1. The molecule has 1 amide bonds. The van der Waals surface area contributed by atoms with E-state index in [2.05, 4.69) is 5.32 Å². The van der Waals surface area contributed by atoms with Crippen molar-refractivity contribution in [3.63, 3.8) is 0 Å². The van der Waals surface area contributed by atoms with Crippen LogP contribution in [-0.2, 0) is 14.8 Å². The number of sulfonamides is 1. The molecular weight excluding hydrogens is 376 g/mol. The highest BCUT2D eigenvalue weighted by atomic mass is 32.2. The number of nitrogens with one attached hydrogen (secondary N) is 1. The lowest BCUT2D eigenvalue weighted by atomic mass is 9.73. The van der Waals surface area contributed by atoms with Gasteiger partial charge in [0.25, 0.3) is 0 Å². The van der Waals surface area contributed by atoms with Crippen LogP contribution in [0.15, 0.2) is 24.3 Å². The fraction of sp³-hybridized carbons (Fsp3) is 0.667. The van der Waals surface area contributed by atoms with Gasteiger partial charge >= 0.3 is 0 Å². The number of benzene rings is 1. The summed E-state index contributed by atoms with van der Waals surface area (Å²) >= 11 is 0. The predicted molar refractivity (Wildman–Crippen MR) is 111 cm³/mol. The van der Waals surface area contributed by atoms with Crippen LogP contribution in [0.5, 0.6) is 5.75 Å². The van der Waals surface area contributed by atoms with Crippen molar-refractivity contribution in [3.8, 4) is 5.75 Å². The standard InChI is InChI=1S/C21H32N2O4S/c1-4-5-12-28(25,26)23-14-16-6-11-20(23)19(13-16)21(24)22-17-7-9-18(10-8-17)27-15(2)3/h7-10,15-16,19-20H,4-6,11-14H2,1-3H3,(H,22,24)/t16-,19+,20+/m0/s1. The van der Waals surface area contributed by atoms with E-state index < -0.39 is 10.0 Å². The molecule has 1 aliphatic carbocycles. The second-order valence-electron chi connectivity index (χ2n) is 8.27. The molecule has 3 fully saturated rings. The molecule has 1 aromatic rings. The molecule has 1 saturated carbocycles. The molecule has 3 atom stereocenters. The van der Waals surface area contributed by atoms with Gasteiger partial charge in [-0.2, -0.15) is 4.31 Å². The van der Waals surface area contributed by atoms with Crippen molar-refractivity contribution in [1.82, 2.24) is 4.31 Å². The number of unbranched alkanes of at least 4 members (excludes halogenated alkanes) is 1. The van der Waals surface area contributed by atoms with E-state index in [-0.39, 0.29) is 35.6 Å². The number of ether oxygens (including phenoxy) is 1. The van der Waals surface area contributed by atoms with Crippen molar-refractivity contribution in [2.45, 2.75) is 65.0 Å². The number of anilines is 1. The molecule has 1 aromatic carbocycles. The lowest BCUT2D eigenvalue weighted by molar-refractivity contribution is -0.125. The van der Waals surface area contributed by atoms with Gasteiger partial charge in [0, 0.05) is 18.3 Å². The molecule has 2 aliphatic heterocycles. The van der Waals surface area contributed by atoms with E-state index in [1.807, 2.05) is 45.0 Å². The van der Waals surface area contributed by atoms with Crippen LogP contribution in [0.1, 0.15) is 52.9 Å². The van der Waals surface area contributed by atoms with E-state index in [4.69, 9.17) is 4.74 Å². The van der Waals surface area contributed by atoms with Crippen LogP contribution < -0.4 is 10.1 Å². The fourth-order valence-electron chi connectivity index (χ4n) is 4.31. The summed E-state index contributed by atoms with van der Waals surface area (Å²) in [4.78, 5) is 12.9. The Balaban J connectivity index is 1.68. The average molecular weight is 409 g/mol. The summed E-state index contributed by atoms with van der Waals surface area (Å²) in [5.74, 6) is 0.855. The summed E-state index contributed by atoms with van der Waals surface area (Å²) in [6.45, 7) is 6.50. The molecule has 0 spiro atoms. The minimum absolute atomic E-state index is 0.0809. The number of rotatable bonds is 8. The number of fused-ring (bicyclic) bond motifs is 3. The van der Waals surface area contributed by atoms with Gasteiger partial charge in [-0.3, -0.25) is 4.79 Å². The number of hydrogen-bond donors (Lipinski definition) is 1. The Hall–Kier alpha value is -1.60. The summed E-state index contributed by atoms with van der Waals surface area (Å²) < 4.78 is 32.8. The van der Waals surface area contributed by atoms with Gasteiger partial charge < -0.3 is 10.1 Å². The lowest BCUT2D eigenvalue weighted by Gasteiger charge is -2.48. The number of carbonyl (C=O) groups is 1. The van der Waals surface area contributed by atoms with Crippen LogP contribution in [0.2, 0.25) is 0 Å². The SMILES string of the molecule is CCCCS(=O)(=O)N1C[C@H]2CC[C@@H]1[C@H](C(=O)Nc1ccc(OC(C)C)cc1)C2. The Bertz CT molecular complexity index is 776. The molecule has 0 aromatic heterocycles. The maximum atomic E-state index is 12.9. The Morgan fingerprint density at radius 3 is 2.57 bits per heavy atom. The minimum Gasteiger partial charge on any atom is -0.491 e. The summed E-state index contributed by atoms with van der Waals surface area (Å²) in [6, 6.07) is 7.11. The first-order chi connectivity index (χ1) is 13.3. The third-order valence-corrected chi connectivity index (χ3v) is 7.61. The van der Waals surface area contributed by atoms with E-state index in [1.165, 1.54) is 0 Å². The van der Waals surface area contributed by atoms with Crippen molar-refractivity contribution >= 4 is 21.6 Å². The van der Waals surface area contributed by atoms with Crippen LogP contribution in [0.3, 0.4) is 0 Å². The van der Waals surface area contributed by atoms with Gasteiger partial charge in [0.15, 0.2) is 0 Å². The third-order valence-electron chi connectivity index (χ3n) is 5.67. The Morgan fingerprint density at radius 1 is 1.25 bits per heavy atom. The molecular formula is C21H32N2O4S. The van der Waals surface area contributed by atoms with E-state index in [0.717, 1.165) is 31.4 Å². The third kappa shape index (κ3) is 4.87. The summed E-state index contributed by atoms with van der Waals surface area (Å²) in [6.07, 6.45) is 4.16. The molecule has 2 heterocycles. The van der Waals surface area contributed by atoms with Gasteiger partial charge in [-0.05, 0) is 69.7 Å². The van der Waals surface area contributed by atoms with Gasteiger partial charge in [0.05, 0.1) is 17.8 Å². The molecule has 6 nitrogen and oxygen atoms in total. The van der Waals surface area contributed by atoms with E-state index in [1.54, 1.807) is 4.31 Å². The Morgan fingerprint density at radius 2 is 1.96 bits per heavy atom. The maximum Gasteiger partial charge on any atom is 0.229 e. The molecule has 4 rings (SSSR count). The smallest absolute Gasteiger partial charge is 0.229 e. The second-order valence-corrected chi connectivity index (χ2v) is 10.3. The zero-order valence-corrected chi connectivity index (χ0v) is 17.9. The van der Waals surface area contributed by atoms with Crippen molar-refractivity contribution < 1.29 is 17.9 Å². The topological polar surface area (TPSA) is 75.7 Å². The predicted octanol–water partition coefficient (Wildman–Crippen LogP) is 3.64. The number of piperidine rings is 2. The van der Waals surface area contributed by atoms with Crippen LogP contribution in [0, 0.1) is 11.8 Å². The second kappa shape index (κ2) is 8.82. The highest BCUT2D eigenvalue weighted by Gasteiger charge is 2.47. The number of amides is 1. The number of hydrogen-bond acceptors (Lipinski definition) is 4. The highest BCUT2D eigenvalue weighted by Crippen LogP contribution is 2.41. The van der Waals surface area contributed by atoms with Crippen molar-refractivity contribution in [2.75, 3.05) is 17.6 Å². The minimum atomic E-state index is -3.30. The summed E-state index contributed by atoms with van der Waals surface area (Å²) in [5, 5.41) is 2.98. The van der Waals surface area contributed by atoms with Crippen LogP contribution in [0.25, 0.3) is 0 Å². The molecule has 28 heavy (non-hydrogen) atoms. The van der Waals surface area contributed by atoms with Crippen LogP contribution >= 0.6 is 0 Å². The van der Waals surface area contributed by atoms with Gasteiger partial charge in [0.2, 0.25) is 15.9 Å². The molecule has 2 saturated heterocycles. The maximum absolute atomic E-state index is 12.9. The monoisotopic (exact) mass is 408 g/mol. The van der Waals surface area contributed by atoms with Crippen LogP contribution in [-0.4, -0.2) is 43.1 Å². The highest BCUT2D eigenvalue weighted by molar-refractivity contribution is 7.89. The molecule has 0 unspecified atom stereocenters. The summed E-state index contributed by atoms with van der Waals surface area (Å²) in [7, 11) is -3.30. The lowest BCUT2D eigenvalue weighted by Crippen LogP contribution is -2.58. The number of carbonyl (C=O) groups excluding carboxylic acids is 1. The zero-order chi connectivity index (χ0) is 20.3. The van der Waals surface area contributed by atoms with Crippen LogP contribution in [0.4, 0.5) is 5.69 Å². The van der Waals surface area contributed by atoms with Gasteiger partial charge in [-0.1, -0.05) is 13.3 Å². The number of nitrogens with zero attached hydrogens (tertiary/aromatic N) is 1. The van der Waals surface area contributed by atoms with Gasteiger partial charge in [-0.25, -0.2) is 8.42 Å².